The van der Waals surface area contributed by atoms with E-state index in [0.29, 0.717) is 34.8 Å². The average molecular weight is 262 g/mol. The predicted molar refractivity (Wildman–Crippen MR) is 72.7 cm³/mol. The zero-order valence-corrected chi connectivity index (χ0v) is 11.2. The normalized spacial score (nSPS) is 22.5. The van der Waals surface area contributed by atoms with Crippen molar-refractivity contribution in [3.8, 4) is 11.8 Å². The van der Waals surface area contributed by atoms with Crippen LogP contribution in [0.4, 0.5) is 0 Å². The van der Waals surface area contributed by atoms with Crippen LogP contribution in [0.3, 0.4) is 0 Å². The van der Waals surface area contributed by atoms with Gasteiger partial charge in [-0.3, -0.25) is 0 Å². The second-order valence-corrected chi connectivity index (χ2v) is 5.12. The van der Waals surface area contributed by atoms with Gasteiger partial charge in [-0.1, -0.05) is 36.7 Å². The molecule has 1 aliphatic carbocycles. The Kier molecular flexibility index (Phi) is 4.28. The predicted octanol–water partition coefficient (Wildman–Crippen LogP) is 4.19. The fourth-order valence-electron chi connectivity index (χ4n) is 2.17. The minimum absolute atomic E-state index is 0.429. The number of ether oxygens (including phenoxy) is 1. The van der Waals surface area contributed by atoms with Gasteiger partial charge < -0.3 is 4.74 Å². The van der Waals surface area contributed by atoms with Gasteiger partial charge in [0.25, 0.3) is 0 Å². The van der Waals surface area contributed by atoms with Crippen molar-refractivity contribution < 1.29 is 4.74 Å². The van der Waals surface area contributed by atoms with Gasteiger partial charge in [-0.25, -0.2) is 0 Å². The Bertz CT molecular complexity index is 490. The maximum Gasteiger partial charge on any atom is 0.138 e. The first-order valence-corrected chi connectivity index (χ1v) is 6.56. The summed E-state index contributed by atoms with van der Waals surface area (Å²) in [6.45, 7) is 2.88. The molecule has 0 radical (unpaired) electrons. The van der Waals surface area contributed by atoms with Crippen LogP contribution >= 0.6 is 11.6 Å². The van der Waals surface area contributed by atoms with Gasteiger partial charge in [-0.15, -0.1) is 0 Å². The van der Waals surface area contributed by atoms with E-state index in [9.17, 15) is 0 Å². The fourth-order valence-corrected chi connectivity index (χ4v) is 2.38. The Balaban J connectivity index is 2.05. The number of nitrogens with zero attached hydrogens (tertiary/aromatic N) is 1. The van der Waals surface area contributed by atoms with E-state index in [0.717, 1.165) is 12.8 Å². The van der Waals surface area contributed by atoms with E-state index < -0.39 is 0 Å². The molecule has 1 aromatic rings. The van der Waals surface area contributed by atoms with Crippen molar-refractivity contribution in [2.75, 3.05) is 6.61 Å². The zero-order chi connectivity index (χ0) is 13.0. The van der Waals surface area contributed by atoms with Crippen molar-refractivity contribution in [2.45, 2.75) is 19.8 Å². The molecule has 2 rings (SSSR count). The van der Waals surface area contributed by atoms with Crippen LogP contribution in [0.2, 0.25) is 5.02 Å². The summed E-state index contributed by atoms with van der Waals surface area (Å²) in [5, 5.41) is 9.51. The van der Waals surface area contributed by atoms with E-state index in [4.69, 9.17) is 21.6 Å². The Morgan fingerprint density at radius 3 is 2.89 bits per heavy atom. The third-order valence-electron chi connectivity index (χ3n) is 3.46. The van der Waals surface area contributed by atoms with Crippen LogP contribution in [-0.4, -0.2) is 6.61 Å². The van der Waals surface area contributed by atoms with Crippen LogP contribution in [0.5, 0.6) is 5.75 Å². The van der Waals surface area contributed by atoms with Crippen molar-refractivity contribution in [1.29, 1.82) is 5.26 Å². The monoisotopic (exact) mass is 261 g/mol. The quantitative estimate of drug-likeness (QED) is 0.764. The van der Waals surface area contributed by atoms with Crippen LogP contribution in [0.1, 0.15) is 25.3 Å². The van der Waals surface area contributed by atoms with Gasteiger partial charge in [0, 0.05) is 0 Å². The summed E-state index contributed by atoms with van der Waals surface area (Å²) in [6.07, 6.45) is 6.58. The SMILES string of the molecule is CC1CC=CCC1COc1cccc(Cl)c1C#N. The van der Waals surface area contributed by atoms with Crippen LogP contribution in [0, 0.1) is 23.2 Å². The smallest absolute Gasteiger partial charge is 0.138 e. The maximum atomic E-state index is 9.06. The van der Waals surface area contributed by atoms with Crippen LogP contribution in [0.15, 0.2) is 30.4 Å². The molecule has 0 aromatic heterocycles. The number of rotatable bonds is 3. The molecule has 18 heavy (non-hydrogen) atoms. The number of benzene rings is 1. The minimum Gasteiger partial charge on any atom is -0.492 e. The molecule has 0 N–H and O–H groups in total. The van der Waals surface area contributed by atoms with E-state index in [1.54, 1.807) is 12.1 Å². The summed E-state index contributed by atoms with van der Waals surface area (Å²) in [5.74, 6) is 1.73. The molecular weight excluding hydrogens is 246 g/mol. The Morgan fingerprint density at radius 1 is 1.39 bits per heavy atom. The lowest BCUT2D eigenvalue weighted by Gasteiger charge is -2.25. The van der Waals surface area contributed by atoms with E-state index >= 15 is 0 Å². The number of allylic oxidation sites excluding steroid dienone is 2. The third-order valence-corrected chi connectivity index (χ3v) is 3.77. The Hall–Kier alpha value is -1.46. The first kappa shape index (κ1) is 13.0. The van der Waals surface area contributed by atoms with Crippen molar-refractivity contribution in [1.82, 2.24) is 0 Å². The molecule has 2 nitrogen and oxygen atoms in total. The zero-order valence-electron chi connectivity index (χ0n) is 10.4. The number of nitriles is 1. The molecule has 1 aromatic carbocycles. The van der Waals surface area contributed by atoms with Gasteiger partial charge in [-0.05, 0) is 36.8 Å². The summed E-state index contributed by atoms with van der Waals surface area (Å²) >= 11 is 5.97. The summed E-state index contributed by atoms with van der Waals surface area (Å²) in [6, 6.07) is 7.41. The standard InChI is InChI=1S/C15H16ClNO/c1-11-5-2-3-6-12(11)10-18-15-8-4-7-14(16)13(15)9-17/h2-4,7-8,11-12H,5-6,10H2,1H3. The minimum atomic E-state index is 0.429. The van der Waals surface area contributed by atoms with Gasteiger partial charge in [0.2, 0.25) is 0 Å². The summed E-state index contributed by atoms with van der Waals surface area (Å²) in [7, 11) is 0. The van der Waals surface area contributed by atoms with E-state index in [1.807, 2.05) is 6.07 Å². The lowest BCUT2D eigenvalue weighted by molar-refractivity contribution is 0.198. The van der Waals surface area contributed by atoms with Gasteiger partial charge in [0.15, 0.2) is 0 Å². The maximum absolute atomic E-state index is 9.06. The largest absolute Gasteiger partial charge is 0.492 e. The second kappa shape index (κ2) is 5.93. The molecule has 0 spiro atoms. The fraction of sp³-hybridized carbons (Fsp3) is 0.400. The first-order valence-electron chi connectivity index (χ1n) is 6.18. The molecule has 3 heteroatoms. The average Bonchev–Trinajstić information content (AvgIpc) is 2.38. The number of halogens is 1. The van der Waals surface area contributed by atoms with Gasteiger partial charge >= 0.3 is 0 Å². The van der Waals surface area contributed by atoms with Crippen molar-refractivity contribution in [3.63, 3.8) is 0 Å². The van der Waals surface area contributed by atoms with Gasteiger partial charge in [0.05, 0.1) is 11.6 Å². The molecule has 2 atom stereocenters. The number of hydrogen-bond acceptors (Lipinski definition) is 2. The van der Waals surface area contributed by atoms with Crippen LogP contribution < -0.4 is 4.74 Å². The van der Waals surface area contributed by atoms with Crippen molar-refractivity contribution in [2.24, 2.45) is 11.8 Å². The highest BCUT2D eigenvalue weighted by atomic mass is 35.5. The molecule has 0 heterocycles. The third kappa shape index (κ3) is 2.86. The highest BCUT2D eigenvalue weighted by Crippen LogP contribution is 2.29. The second-order valence-electron chi connectivity index (χ2n) is 4.72. The molecule has 94 valence electrons. The molecular formula is C15H16ClNO. The van der Waals surface area contributed by atoms with Crippen molar-refractivity contribution in [3.05, 3.63) is 40.9 Å². The van der Waals surface area contributed by atoms with Crippen LogP contribution in [-0.2, 0) is 0 Å². The summed E-state index contributed by atoms with van der Waals surface area (Å²) in [5.41, 5.74) is 0.429. The molecule has 0 amide bonds. The topological polar surface area (TPSA) is 33.0 Å². The molecule has 1 aliphatic rings. The lowest BCUT2D eigenvalue weighted by atomic mass is 9.85. The summed E-state index contributed by atoms with van der Waals surface area (Å²) < 4.78 is 5.78. The van der Waals surface area contributed by atoms with Crippen molar-refractivity contribution >= 4 is 11.6 Å². The van der Waals surface area contributed by atoms with Gasteiger partial charge in [0.1, 0.15) is 17.4 Å². The first-order chi connectivity index (χ1) is 8.72. The van der Waals surface area contributed by atoms with E-state index in [2.05, 4.69) is 25.1 Å². The summed E-state index contributed by atoms with van der Waals surface area (Å²) in [4.78, 5) is 0. The Morgan fingerprint density at radius 2 is 2.17 bits per heavy atom. The molecule has 0 saturated carbocycles. The molecule has 0 aliphatic heterocycles. The highest BCUT2D eigenvalue weighted by molar-refractivity contribution is 6.31. The highest BCUT2D eigenvalue weighted by Gasteiger charge is 2.19. The Labute approximate surface area is 113 Å². The molecule has 0 fully saturated rings. The molecule has 2 unspecified atom stereocenters. The van der Waals surface area contributed by atoms with Gasteiger partial charge in [-0.2, -0.15) is 5.26 Å². The van der Waals surface area contributed by atoms with Crippen LogP contribution in [0.25, 0.3) is 0 Å². The van der Waals surface area contributed by atoms with E-state index in [-0.39, 0.29) is 0 Å². The van der Waals surface area contributed by atoms with E-state index in [1.165, 1.54) is 0 Å². The molecule has 0 saturated heterocycles. The lowest BCUT2D eigenvalue weighted by Crippen LogP contribution is -2.21. The number of hydrogen-bond donors (Lipinski definition) is 0. The molecule has 0 bridgehead atoms.